The topological polar surface area (TPSA) is 81.4 Å². The lowest BCUT2D eigenvalue weighted by atomic mass is 10.2. The van der Waals surface area contributed by atoms with Crippen LogP contribution in [0.3, 0.4) is 0 Å². The predicted octanol–water partition coefficient (Wildman–Crippen LogP) is 1.98. The monoisotopic (exact) mass is 350 g/mol. The van der Waals surface area contributed by atoms with Crippen molar-refractivity contribution < 1.29 is 13.2 Å². The van der Waals surface area contributed by atoms with Crippen molar-refractivity contribution in [3.63, 3.8) is 0 Å². The maximum Gasteiger partial charge on any atom is 0.242 e. The van der Waals surface area contributed by atoms with Crippen molar-refractivity contribution in [3.8, 4) is 0 Å². The highest BCUT2D eigenvalue weighted by Gasteiger charge is 2.17. The molecular weight excluding hydrogens is 332 g/mol. The Kier molecular flexibility index (Phi) is 6.25. The largest absolute Gasteiger partial charge is 0.398 e. The Morgan fingerprint density at radius 1 is 1.42 bits per heavy atom. The molecule has 0 amide bonds. The Hall–Kier alpha value is -0.630. The van der Waals surface area contributed by atoms with Crippen LogP contribution in [0.25, 0.3) is 0 Å². The molecule has 0 bridgehead atoms. The van der Waals surface area contributed by atoms with Gasteiger partial charge in [0, 0.05) is 17.6 Å². The van der Waals surface area contributed by atoms with Crippen LogP contribution in [0.4, 0.5) is 5.69 Å². The van der Waals surface area contributed by atoms with Crippen LogP contribution >= 0.6 is 15.9 Å². The molecule has 0 saturated carbocycles. The predicted molar refractivity (Wildman–Crippen MR) is 79.4 cm³/mol. The third-order valence-electron chi connectivity index (χ3n) is 2.25. The first kappa shape index (κ1) is 16.4. The van der Waals surface area contributed by atoms with E-state index in [1.54, 1.807) is 12.1 Å². The second kappa shape index (κ2) is 7.23. The Bertz CT molecular complexity index is 518. The number of ether oxygens (including phenoxy) is 1. The van der Waals surface area contributed by atoms with Gasteiger partial charge in [-0.05, 0) is 24.1 Å². The number of hydrogen-bond donors (Lipinski definition) is 2. The first-order valence-electron chi connectivity index (χ1n) is 5.95. The smallest absolute Gasteiger partial charge is 0.242 e. The van der Waals surface area contributed by atoms with Gasteiger partial charge in [-0.2, -0.15) is 0 Å². The highest BCUT2D eigenvalue weighted by Crippen LogP contribution is 2.22. The maximum absolute atomic E-state index is 12.0. The molecule has 0 fully saturated rings. The van der Waals surface area contributed by atoms with E-state index in [9.17, 15) is 8.42 Å². The summed E-state index contributed by atoms with van der Waals surface area (Å²) in [5.74, 6) is 0.428. The number of nitrogens with two attached hydrogens (primary N) is 1. The molecule has 1 rings (SSSR count). The molecule has 0 aromatic heterocycles. The lowest BCUT2D eigenvalue weighted by Gasteiger charge is -2.10. The Morgan fingerprint density at radius 2 is 2.11 bits per heavy atom. The molecule has 0 aliphatic rings. The Balaban J connectivity index is 2.59. The molecule has 0 spiro atoms. The van der Waals surface area contributed by atoms with E-state index in [2.05, 4.69) is 20.7 Å². The summed E-state index contributed by atoms with van der Waals surface area (Å²) >= 11 is 3.23. The fourth-order valence-corrected chi connectivity index (χ4v) is 3.07. The standard InChI is InChI=1S/C12H19BrN2O3S/c1-9(2)8-18-6-5-15-19(16,17)12-7-10(13)3-4-11(12)14/h3-4,7,9,15H,5-6,8,14H2,1-2H3. The minimum atomic E-state index is -3.60. The molecule has 0 radical (unpaired) electrons. The van der Waals surface area contributed by atoms with Crippen LogP contribution < -0.4 is 10.5 Å². The zero-order valence-electron chi connectivity index (χ0n) is 11.0. The molecule has 3 N–H and O–H groups in total. The average molecular weight is 351 g/mol. The lowest BCUT2D eigenvalue weighted by molar-refractivity contribution is 0.114. The number of benzene rings is 1. The number of hydrogen-bond acceptors (Lipinski definition) is 4. The van der Waals surface area contributed by atoms with Gasteiger partial charge in [0.25, 0.3) is 0 Å². The van der Waals surface area contributed by atoms with E-state index in [4.69, 9.17) is 10.5 Å². The van der Waals surface area contributed by atoms with Crippen molar-refractivity contribution in [3.05, 3.63) is 22.7 Å². The number of anilines is 1. The molecule has 7 heteroatoms. The van der Waals surface area contributed by atoms with Crippen LogP contribution in [0.2, 0.25) is 0 Å². The van der Waals surface area contributed by atoms with Crippen molar-refractivity contribution in [1.29, 1.82) is 0 Å². The van der Waals surface area contributed by atoms with Gasteiger partial charge in [0.15, 0.2) is 0 Å². The molecule has 0 atom stereocenters. The molecule has 0 heterocycles. The molecular formula is C12H19BrN2O3S. The second-order valence-corrected chi connectivity index (χ2v) is 7.20. The molecule has 0 aliphatic carbocycles. The summed E-state index contributed by atoms with van der Waals surface area (Å²) in [4.78, 5) is 0.0748. The molecule has 0 saturated heterocycles. The Labute approximate surface area is 122 Å². The molecule has 0 aliphatic heterocycles. The SMILES string of the molecule is CC(C)COCCNS(=O)(=O)c1cc(Br)ccc1N. The maximum atomic E-state index is 12.0. The number of nitrogen functional groups attached to an aromatic ring is 1. The highest BCUT2D eigenvalue weighted by atomic mass is 79.9. The molecule has 1 aromatic rings. The summed E-state index contributed by atoms with van der Waals surface area (Å²) < 4.78 is 32.5. The average Bonchev–Trinajstić information content (AvgIpc) is 2.31. The van der Waals surface area contributed by atoms with Crippen LogP contribution in [0.1, 0.15) is 13.8 Å². The van der Waals surface area contributed by atoms with Gasteiger partial charge >= 0.3 is 0 Å². The molecule has 108 valence electrons. The van der Waals surface area contributed by atoms with Gasteiger partial charge in [0.05, 0.1) is 12.3 Å². The van der Waals surface area contributed by atoms with E-state index in [1.807, 2.05) is 13.8 Å². The first-order chi connectivity index (χ1) is 8.83. The van der Waals surface area contributed by atoms with Crippen LogP contribution in [0, 0.1) is 5.92 Å². The van der Waals surface area contributed by atoms with Crippen LogP contribution in [0.5, 0.6) is 0 Å². The van der Waals surface area contributed by atoms with Crippen molar-refractivity contribution >= 4 is 31.6 Å². The minimum absolute atomic E-state index is 0.0748. The van der Waals surface area contributed by atoms with E-state index >= 15 is 0 Å². The van der Waals surface area contributed by atoms with Crippen molar-refractivity contribution in [2.75, 3.05) is 25.5 Å². The first-order valence-corrected chi connectivity index (χ1v) is 8.23. The van der Waals surface area contributed by atoms with Gasteiger partial charge in [0.1, 0.15) is 4.90 Å². The fraction of sp³-hybridized carbons (Fsp3) is 0.500. The van der Waals surface area contributed by atoms with Crippen molar-refractivity contribution in [2.24, 2.45) is 5.92 Å². The van der Waals surface area contributed by atoms with Crippen LogP contribution in [-0.4, -0.2) is 28.2 Å². The quantitative estimate of drug-likeness (QED) is 0.581. The third-order valence-corrected chi connectivity index (χ3v) is 4.26. The summed E-state index contributed by atoms with van der Waals surface area (Å²) in [7, 11) is -3.60. The normalized spacial score (nSPS) is 12.0. The van der Waals surface area contributed by atoms with E-state index in [0.29, 0.717) is 23.6 Å². The molecule has 19 heavy (non-hydrogen) atoms. The zero-order chi connectivity index (χ0) is 14.5. The number of halogens is 1. The van der Waals surface area contributed by atoms with Gasteiger partial charge < -0.3 is 10.5 Å². The number of sulfonamides is 1. The Morgan fingerprint density at radius 3 is 2.74 bits per heavy atom. The van der Waals surface area contributed by atoms with E-state index in [1.165, 1.54) is 6.07 Å². The van der Waals surface area contributed by atoms with Crippen LogP contribution in [0.15, 0.2) is 27.6 Å². The molecule has 0 unspecified atom stereocenters. The lowest BCUT2D eigenvalue weighted by Crippen LogP contribution is -2.28. The molecule has 5 nitrogen and oxygen atoms in total. The summed E-state index contributed by atoms with van der Waals surface area (Å²) in [6, 6.07) is 4.72. The zero-order valence-corrected chi connectivity index (χ0v) is 13.4. The van der Waals surface area contributed by atoms with E-state index in [-0.39, 0.29) is 17.1 Å². The van der Waals surface area contributed by atoms with E-state index < -0.39 is 10.0 Å². The summed E-state index contributed by atoms with van der Waals surface area (Å²) in [6.45, 7) is 5.24. The minimum Gasteiger partial charge on any atom is -0.398 e. The number of rotatable bonds is 7. The van der Waals surface area contributed by atoms with Gasteiger partial charge in [-0.25, -0.2) is 13.1 Å². The van der Waals surface area contributed by atoms with Crippen molar-refractivity contribution in [2.45, 2.75) is 18.7 Å². The summed E-state index contributed by atoms with van der Waals surface area (Å²) in [5, 5.41) is 0. The van der Waals surface area contributed by atoms with Crippen LogP contribution in [-0.2, 0) is 14.8 Å². The van der Waals surface area contributed by atoms with Gasteiger partial charge in [-0.1, -0.05) is 29.8 Å². The third kappa shape index (κ3) is 5.48. The van der Waals surface area contributed by atoms with Gasteiger partial charge in [0.2, 0.25) is 10.0 Å². The fourth-order valence-electron chi connectivity index (χ4n) is 1.39. The highest BCUT2D eigenvalue weighted by molar-refractivity contribution is 9.10. The van der Waals surface area contributed by atoms with Crippen molar-refractivity contribution in [1.82, 2.24) is 4.72 Å². The van der Waals surface area contributed by atoms with E-state index in [0.717, 1.165) is 0 Å². The van der Waals surface area contributed by atoms with Gasteiger partial charge in [-0.3, -0.25) is 0 Å². The summed E-state index contributed by atoms with van der Waals surface area (Å²) in [5.41, 5.74) is 5.90. The van der Waals surface area contributed by atoms with Gasteiger partial charge in [-0.15, -0.1) is 0 Å². The summed E-state index contributed by atoms with van der Waals surface area (Å²) in [6.07, 6.45) is 0. The molecule has 1 aromatic carbocycles. The number of nitrogens with one attached hydrogen (secondary N) is 1. The second-order valence-electron chi connectivity index (χ2n) is 4.55.